The van der Waals surface area contributed by atoms with Crippen molar-refractivity contribution in [3.8, 4) is 11.3 Å². The summed E-state index contributed by atoms with van der Waals surface area (Å²) in [6.07, 6.45) is 0.498. The smallest absolute Gasteiger partial charge is 0.303 e. The van der Waals surface area contributed by atoms with Crippen LogP contribution in [0.15, 0.2) is 34.1 Å². The number of rotatable bonds is 6. The normalized spacial score (nSPS) is 10.3. The number of hydrogen-bond donors (Lipinski definition) is 2. The maximum Gasteiger partial charge on any atom is 0.303 e. The minimum atomic E-state index is -0.894. The Kier molecular flexibility index (Phi) is 5.46. The number of nitrogens with zero attached hydrogens (tertiary/aromatic N) is 1. The summed E-state index contributed by atoms with van der Waals surface area (Å²) >= 11 is 4.75. The Hall–Kier alpha value is -1.73. The molecule has 0 saturated carbocycles. The van der Waals surface area contributed by atoms with Gasteiger partial charge in [0.2, 0.25) is 5.91 Å². The molecule has 2 rings (SSSR count). The Balaban J connectivity index is 1.94. The number of aliphatic carboxylic acids is 1. The summed E-state index contributed by atoms with van der Waals surface area (Å²) in [6, 6.07) is 7.75. The predicted octanol–water partition coefficient (Wildman–Crippen LogP) is 3.77. The summed E-state index contributed by atoms with van der Waals surface area (Å²) in [5.41, 5.74) is 1.76. The SMILES string of the molecule is O=C(O)CCCC(=O)Nc1nc(-c2cccc(Br)c2)cs1. The fraction of sp³-hybridized carbons (Fsp3) is 0.214. The summed E-state index contributed by atoms with van der Waals surface area (Å²) < 4.78 is 0.965. The first kappa shape index (κ1) is 15.7. The molecule has 110 valence electrons. The first-order valence-electron chi connectivity index (χ1n) is 6.28. The Morgan fingerprint density at radius 1 is 1.33 bits per heavy atom. The van der Waals surface area contributed by atoms with Gasteiger partial charge in [-0.2, -0.15) is 0 Å². The van der Waals surface area contributed by atoms with E-state index in [4.69, 9.17) is 5.11 Å². The number of anilines is 1. The van der Waals surface area contributed by atoms with Crippen LogP contribution in [0.3, 0.4) is 0 Å². The number of carboxylic acids is 1. The lowest BCUT2D eigenvalue weighted by molar-refractivity contribution is -0.137. The topological polar surface area (TPSA) is 79.3 Å². The molecule has 2 N–H and O–H groups in total. The maximum absolute atomic E-state index is 11.6. The number of carbonyl (C=O) groups excluding carboxylic acids is 1. The standard InChI is InChI=1S/C14H13BrN2O3S/c15-10-4-1-3-9(7-10)11-8-21-14(16-11)17-12(18)5-2-6-13(19)20/h1,3-4,7-8H,2,5-6H2,(H,19,20)(H,16,17,18). The number of thiazole rings is 1. The molecule has 0 aliphatic heterocycles. The van der Waals surface area contributed by atoms with Gasteiger partial charge >= 0.3 is 5.97 Å². The van der Waals surface area contributed by atoms with Crippen LogP contribution in [0.25, 0.3) is 11.3 Å². The highest BCUT2D eigenvalue weighted by Gasteiger charge is 2.09. The summed E-state index contributed by atoms with van der Waals surface area (Å²) in [7, 11) is 0. The van der Waals surface area contributed by atoms with Crippen LogP contribution in [0.5, 0.6) is 0 Å². The van der Waals surface area contributed by atoms with E-state index in [1.54, 1.807) is 0 Å². The van der Waals surface area contributed by atoms with Crippen LogP contribution in [0.1, 0.15) is 19.3 Å². The zero-order valence-electron chi connectivity index (χ0n) is 11.0. The number of hydrogen-bond acceptors (Lipinski definition) is 4. The molecule has 1 amide bonds. The Bertz CT molecular complexity index is 657. The molecule has 0 saturated heterocycles. The third kappa shape index (κ3) is 4.95. The molecule has 1 heterocycles. The Labute approximate surface area is 134 Å². The summed E-state index contributed by atoms with van der Waals surface area (Å²) in [5, 5.41) is 13.6. The van der Waals surface area contributed by atoms with Gasteiger partial charge < -0.3 is 10.4 Å². The van der Waals surface area contributed by atoms with E-state index in [1.165, 1.54) is 11.3 Å². The number of aromatic nitrogens is 1. The number of amides is 1. The number of nitrogens with one attached hydrogen (secondary N) is 1. The molecule has 0 aliphatic carbocycles. The molecule has 21 heavy (non-hydrogen) atoms. The third-order valence-electron chi connectivity index (χ3n) is 2.67. The second-order valence-electron chi connectivity index (χ2n) is 4.34. The molecule has 5 nitrogen and oxygen atoms in total. The maximum atomic E-state index is 11.6. The van der Waals surface area contributed by atoms with Gasteiger partial charge in [0.15, 0.2) is 5.13 Å². The lowest BCUT2D eigenvalue weighted by Crippen LogP contribution is -2.11. The molecule has 0 fully saturated rings. The van der Waals surface area contributed by atoms with Gasteiger partial charge in [0.05, 0.1) is 5.69 Å². The van der Waals surface area contributed by atoms with Crippen molar-refractivity contribution in [1.29, 1.82) is 0 Å². The minimum absolute atomic E-state index is 0.00538. The Morgan fingerprint density at radius 3 is 2.86 bits per heavy atom. The zero-order valence-corrected chi connectivity index (χ0v) is 13.4. The summed E-state index contributed by atoms with van der Waals surface area (Å²) in [5.74, 6) is -1.11. The van der Waals surface area contributed by atoms with Gasteiger partial charge in [0, 0.05) is 28.3 Å². The molecule has 0 aliphatic rings. The fourth-order valence-corrected chi connectivity index (χ4v) is 2.83. The van der Waals surface area contributed by atoms with E-state index >= 15 is 0 Å². The molecule has 0 unspecified atom stereocenters. The van der Waals surface area contributed by atoms with Crippen LogP contribution in [0.2, 0.25) is 0 Å². The lowest BCUT2D eigenvalue weighted by atomic mass is 10.2. The molecule has 7 heteroatoms. The van der Waals surface area contributed by atoms with Crippen molar-refractivity contribution >= 4 is 44.3 Å². The van der Waals surface area contributed by atoms with Crippen molar-refractivity contribution in [2.75, 3.05) is 5.32 Å². The molecule has 2 aromatic rings. The van der Waals surface area contributed by atoms with E-state index in [-0.39, 0.29) is 18.7 Å². The molecule has 0 atom stereocenters. The second kappa shape index (κ2) is 7.33. The van der Waals surface area contributed by atoms with Gasteiger partial charge in [-0.15, -0.1) is 11.3 Å². The lowest BCUT2D eigenvalue weighted by Gasteiger charge is -2.00. The van der Waals surface area contributed by atoms with Crippen molar-refractivity contribution in [1.82, 2.24) is 4.98 Å². The first-order valence-corrected chi connectivity index (χ1v) is 7.95. The Morgan fingerprint density at radius 2 is 2.14 bits per heavy atom. The van der Waals surface area contributed by atoms with Crippen molar-refractivity contribution in [3.63, 3.8) is 0 Å². The quantitative estimate of drug-likeness (QED) is 0.813. The summed E-state index contributed by atoms with van der Waals surface area (Å²) in [6.45, 7) is 0. The van der Waals surface area contributed by atoms with Crippen LogP contribution in [0, 0.1) is 0 Å². The number of benzene rings is 1. The largest absolute Gasteiger partial charge is 0.481 e. The average molecular weight is 369 g/mol. The number of carboxylic acid groups (broad SMARTS) is 1. The highest BCUT2D eigenvalue weighted by Crippen LogP contribution is 2.26. The van der Waals surface area contributed by atoms with Crippen molar-refractivity contribution < 1.29 is 14.7 Å². The van der Waals surface area contributed by atoms with Crippen LogP contribution in [0.4, 0.5) is 5.13 Å². The van der Waals surface area contributed by atoms with Gasteiger partial charge in [-0.3, -0.25) is 9.59 Å². The van der Waals surface area contributed by atoms with Gasteiger partial charge in [-0.1, -0.05) is 28.1 Å². The van der Waals surface area contributed by atoms with Gasteiger partial charge in [-0.25, -0.2) is 4.98 Å². The van der Waals surface area contributed by atoms with E-state index in [0.717, 1.165) is 15.7 Å². The minimum Gasteiger partial charge on any atom is -0.481 e. The second-order valence-corrected chi connectivity index (χ2v) is 6.12. The van der Waals surface area contributed by atoms with E-state index in [9.17, 15) is 9.59 Å². The van der Waals surface area contributed by atoms with Gasteiger partial charge in [0.25, 0.3) is 0 Å². The van der Waals surface area contributed by atoms with Crippen LogP contribution in [-0.4, -0.2) is 22.0 Å². The van der Waals surface area contributed by atoms with E-state index in [0.29, 0.717) is 11.6 Å². The van der Waals surface area contributed by atoms with E-state index in [2.05, 4.69) is 26.2 Å². The molecular weight excluding hydrogens is 356 g/mol. The number of halogens is 1. The molecule has 0 radical (unpaired) electrons. The highest BCUT2D eigenvalue weighted by molar-refractivity contribution is 9.10. The zero-order chi connectivity index (χ0) is 15.2. The molecule has 0 bridgehead atoms. The van der Waals surface area contributed by atoms with Crippen molar-refractivity contribution in [2.24, 2.45) is 0 Å². The monoisotopic (exact) mass is 368 g/mol. The number of carbonyl (C=O) groups is 2. The summed E-state index contributed by atoms with van der Waals surface area (Å²) in [4.78, 5) is 26.4. The molecule has 1 aromatic carbocycles. The molecule has 0 spiro atoms. The van der Waals surface area contributed by atoms with Crippen LogP contribution in [-0.2, 0) is 9.59 Å². The van der Waals surface area contributed by atoms with Crippen LogP contribution < -0.4 is 5.32 Å². The van der Waals surface area contributed by atoms with E-state index in [1.807, 2.05) is 29.6 Å². The average Bonchev–Trinajstić information content (AvgIpc) is 2.86. The van der Waals surface area contributed by atoms with Crippen molar-refractivity contribution in [2.45, 2.75) is 19.3 Å². The van der Waals surface area contributed by atoms with Crippen LogP contribution >= 0.6 is 27.3 Å². The highest BCUT2D eigenvalue weighted by atomic mass is 79.9. The fourth-order valence-electron chi connectivity index (χ4n) is 1.69. The van der Waals surface area contributed by atoms with Gasteiger partial charge in [0.1, 0.15) is 0 Å². The predicted molar refractivity (Wildman–Crippen MR) is 85.4 cm³/mol. The molecular formula is C14H13BrN2O3S. The third-order valence-corrected chi connectivity index (χ3v) is 3.92. The van der Waals surface area contributed by atoms with E-state index < -0.39 is 5.97 Å². The molecule has 1 aromatic heterocycles. The van der Waals surface area contributed by atoms with Crippen molar-refractivity contribution in [3.05, 3.63) is 34.1 Å². The van der Waals surface area contributed by atoms with Gasteiger partial charge in [-0.05, 0) is 18.6 Å². The first-order chi connectivity index (χ1) is 10.0.